The average Bonchev–Trinajstić information content (AvgIpc) is 3.24. The molecule has 1 saturated heterocycles. The fraction of sp³-hybridized carbons (Fsp3) is 0.333. The highest BCUT2D eigenvalue weighted by Crippen LogP contribution is 2.23. The molecular weight excluding hydrogens is 390 g/mol. The summed E-state index contributed by atoms with van der Waals surface area (Å²) in [6.07, 6.45) is 1.83. The Morgan fingerprint density at radius 1 is 1.00 bits per heavy atom. The number of hydrogen-bond donors (Lipinski definition) is 2. The fourth-order valence-electron chi connectivity index (χ4n) is 3.37. The molecule has 2 aromatic carbocycles. The molecule has 0 bridgehead atoms. The highest BCUT2D eigenvalue weighted by Gasteiger charge is 2.27. The van der Waals surface area contributed by atoms with Gasteiger partial charge in [-0.2, -0.15) is 4.31 Å². The molecule has 0 saturated carbocycles. The molecule has 29 heavy (non-hydrogen) atoms. The van der Waals surface area contributed by atoms with Crippen molar-refractivity contribution in [1.82, 2.24) is 9.62 Å². The minimum absolute atomic E-state index is 0.0669. The second-order valence-corrected chi connectivity index (χ2v) is 8.99. The molecule has 2 amide bonds. The lowest BCUT2D eigenvalue weighted by molar-refractivity contribution is -0.120. The number of nitrogens with zero attached hydrogens (tertiary/aromatic N) is 1. The van der Waals surface area contributed by atoms with Gasteiger partial charge in [0.15, 0.2) is 0 Å². The Labute approximate surface area is 171 Å². The molecule has 0 spiro atoms. The SMILES string of the molecule is CC(=O)N[C@H](CC(=O)Nc1ccc(S(=O)(=O)N2CCCC2)cc1)c1ccccc1. The highest BCUT2D eigenvalue weighted by atomic mass is 32.2. The molecule has 1 aliphatic heterocycles. The molecule has 7 nitrogen and oxygen atoms in total. The van der Waals surface area contributed by atoms with Gasteiger partial charge in [0.25, 0.3) is 0 Å². The van der Waals surface area contributed by atoms with Gasteiger partial charge in [-0.05, 0) is 42.7 Å². The summed E-state index contributed by atoms with van der Waals surface area (Å²) < 4.78 is 26.6. The number of sulfonamides is 1. The van der Waals surface area contributed by atoms with Gasteiger partial charge in [-0.25, -0.2) is 8.42 Å². The van der Waals surface area contributed by atoms with Crippen molar-refractivity contribution in [2.24, 2.45) is 0 Å². The van der Waals surface area contributed by atoms with Crippen molar-refractivity contribution in [3.05, 3.63) is 60.2 Å². The first kappa shape index (κ1) is 21.0. The largest absolute Gasteiger partial charge is 0.349 e. The lowest BCUT2D eigenvalue weighted by Gasteiger charge is -2.18. The molecule has 2 aromatic rings. The zero-order valence-electron chi connectivity index (χ0n) is 16.3. The van der Waals surface area contributed by atoms with Crippen LogP contribution in [0.4, 0.5) is 5.69 Å². The molecule has 1 aliphatic rings. The number of benzene rings is 2. The molecule has 1 atom stereocenters. The molecule has 3 rings (SSSR count). The molecular formula is C21H25N3O4S. The maximum Gasteiger partial charge on any atom is 0.243 e. The lowest BCUT2D eigenvalue weighted by Crippen LogP contribution is -2.29. The van der Waals surface area contributed by atoms with Crippen molar-refractivity contribution < 1.29 is 18.0 Å². The number of amides is 2. The second-order valence-electron chi connectivity index (χ2n) is 7.05. The van der Waals surface area contributed by atoms with Crippen molar-refractivity contribution >= 4 is 27.5 Å². The van der Waals surface area contributed by atoms with Gasteiger partial charge in [-0.3, -0.25) is 9.59 Å². The normalized spacial score (nSPS) is 15.6. The zero-order chi connectivity index (χ0) is 20.9. The van der Waals surface area contributed by atoms with Gasteiger partial charge in [-0.1, -0.05) is 30.3 Å². The van der Waals surface area contributed by atoms with Crippen LogP contribution in [0, 0.1) is 0 Å². The van der Waals surface area contributed by atoms with E-state index in [-0.39, 0.29) is 23.1 Å². The molecule has 0 aliphatic carbocycles. The van der Waals surface area contributed by atoms with Crippen molar-refractivity contribution in [2.45, 2.75) is 37.1 Å². The van der Waals surface area contributed by atoms with Gasteiger partial charge in [-0.15, -0.1) is 0 Å². The van der Waals surface area contributed by atoms with E-state index < -0.39 is 16.1 Å². The van der Waals surface area contributed by atoms with Gasteiger partial charge >= 0.3 is 0 Å². The minimum Gasteiger partial charge on any atom is -0.349 e. The first-order valence-electron chi connectivity index (χ1n) is 9.58. The van der Waals surface area contributed by atoms with Gasteiger partial charge in [0.05, 0.1) is 17.4 Å². The summed E-state index contributed by atoms with van der Waals surface area (Å²) >= 11 is 0. The van der Waals surface area contributed by atoms with Crippen LogP contribution in [0.3, 0.4) is 0 Å². The van der Waals surface area contributed by atoms with Crippen molar-refractivity contribution in [2.75, 3.05) is 18.4 Å². The Morgan fingerprint density at radius 2 is 1.62 bits per heavy atom. The summed E-state index contributed by atoms with van der Waals surface area (Å²) in [5.74, 6) is -0.495. The van der Waals surface area contributed by atoms with Crippen molar-refractivity contribution in [3.8, 4) is 0 Å². The Bertz CT molecular complexity index is 953. The van der Waals surface area contributed by atoms with Gasteiger partial charge in [0, 0.05) is 25.7 Å². The van der Waals surface area contributed by atoms with Crippen LogP contribution < -0.4 is 10.6 Å². The number of rotatable bonds is 7. The molecule has 0 unspecified atom stereocenters. The van der Waals surface area contributed by atoms with E-state index in [4.69, 9.17) is 0 Å². The predicted octanol–water partition coefficient (Wildman–Crippen LogP) is 2.68. The third kappa shape index (κ3) is 5.42. The van der Waals surface area contributed by atoms with E-state index >= 15 is 0 Å². The van der Waals surface area contributed by atoms with Crippen LogP contribution >= 0.6 is 0 Å². The average molecular weight is 416 g/mol. The summed E-state index contributed by atoms with van der Waals surface area (Å²) in [5.41, 5.74) is 1.34. The monoisotopic (exact) mass is 415 g/mol. The number of carbonyl (C=O) groups is 2. The second kappa shape index (κ2) is 9.19. The fourth-order valence-corrected chi connectivity index (χ4v) is 4.89. The quantitative estimate of drug-likeness (QED) is 0.727. The maximum absolute atomic E-state index is 12.6. The third-order valence-electron chi connectivity index (χ3n) is 4.81. The van der Waals surface area contributed by atoms with Crippen molar-refractivity contribution in [3.63, 3.8) is 0 Å². The van der Waals surface area contributed by atoms with Crippen LogP contribution in [0.25, 0.3) is 0 Å². The molecule has 154 valence electrons. The van der Waals surface area contributed by atoms with E-state index in [1.165, 1.54) is 23.4 Å². The summed E-state index contributed by atoms with van der Waals surface area (Å²) in [6.45, 7) is 2.50. The molecule has 0 aromatic heterocycles. The Hall–Kier alpha value is -2.71. The van der Waals surface area contributed by atoms with Crippen molar-refractivity contribution in [1.29, 1.82) is 0 Å². The molecule has 1 heterocycles. The van der Waals surface area contributed by atoms with Crippen LogP contribution in [0.5, 0.6) is 0 Å². The maximum atomic E-state index is 12.6. The Balaban J connectivity index is 1.66. The van der Waals surface area contributed by atoms with Crippen LogP contribution in [-0.4, -0.2) is 37.6 Å². The smallest absolute Gasteiger partial charge is 0.243 e. The first-order chi connectivity index (χ1) is 13.9. The lowest BCUT2D eigenvalue weighted by atomic mass is 10.0. The predicted molar refractivity (Wildman–Crippen MR) is 111 cm³/mol. The summed E-state index contributed by atoms with van der Waals surface area (Å²) in [5, 5.41) is 5.55. The topological polar surface area (TPSA) is 95.6 Å². The highest BCUT2D eigenvalue weighted by molar-refractivity contribution is 7.89. The Kier molecular flexibility index (Phi) is 6.66. The number of nitrogens with one attached hydrogen (secondary N) is 2. The van der Waals surface area contributed by atoms with Crippen LogP contribution in [-0.2, 0) is 19.6 Å². The summed E-state index contributed by atoms with van der Waals surface area (Å²) in [7, 11) is -3.48. The minimum atomic E-state index is -3.48. The molecule has 2 N–H and O–H groups in total. The van der Waals surface area contributed by atoms with Gasteiger partial charge < -0.3 is 10.6 Å². The van der Waals surface area contributed by atoms with Crippen LogP contribution in [0.2, 0.25) is 0 Å². The number of anilines is 1. The summed E-state index contributed by atoms with van der Waals surface area (Å²) in [4.78, 5) is 24.2. The molecule has 0 radical (unpaired) electrons. The third-order valence-corrected chi connectivity index (χ3v) is 6.72. The standard InChI is InChI=1S/C21H25N3O4S/c1-16(25)22-20(17-7-3-2-4-8-17)15-21(26)23-18-9-11-19(12-10-18)29(27,28)24-13-5-6-14-24/h2-4,7-12,20H,5-6,13-15H2,1H3,(H,22,25)(H,23,26)/t20-/m1/s1. The van der Waals surface area contributed by atoms with E-state index in [2.05, 4.69) is 10.6 Å². The van der Waals surface area contributed by atoms with Gasteiger partial charge in [0.1, 0.15) is 0 Å². The van der Waals surface area contributed by atoms with Crippen LogP contribution in [0.15, 0.2) is 59.5 Å². The van der Waals surface area contributed by atoms with Crippen LogP contribution in [0.1, 0.15) is 37.8 Å². The van der Waals surface area contributed by atoms with E-state index in [1.807, 2.05) is 30.3 Å². The number of carbonyl (C=O) groups excluding carboxylic acids is 2. The molecule has 1 fully saturated rings. The van der Waals surface area contributed by atoms with E-state index in [0.29, 0.717) is 18.8 Å². The van der Waals surface area contributed by atoms with E-state index in [0.717, 1.165) is 18.4 Å². The van der Waals surface area contributed by atoms with E-state index in [9.17, 15) is 18.0 Å². The number of hydrogen-bond acceptors (Lipinski definition) is 4. The summed E-state index contributed by atoms with van der Waals surface area (Å²) in [6, 6.07) is 15.0. The van der Waals surface area contributed by atoms with Gasteiger partial charge in [0.2, 0.25) is 21.8 Å². The van der Waals surface area contributed by atoms with E-state index in [1.54, 1.807) is 12.1 Å². The Morgan fingerprint density at radius 3 is 2.21 bits per heavy atom. The zero-order valence-corrected chi connectivity index (χ0v) is 17.1. The molecule has 8 heteroatoms. The first-order valence-corrected chi connectivity index (χ1v) is 11.0.